The first-order chi connectivity index (χ1) is 21.2. The van der Waals surface area contributed by atoms with Gasteiger partial charge >= 0.3 is 0 Å². The van der Waals surface area contributed by atoms with E-state index in [0.717, 1.165) is 57.8 Å². The standard InChI is InChI=1S/C39H71NO3/c1-3-5-7-9-11-13-15-17-19-20-21-23-25-27-29-31-33-35-39(43)40-37(36-41)38(42)34-32-30-28-26-24-22-18-16-14-12-10-8-6-4-2/h5,7,11,13,17,19,32,34,37-38,41-42H,3-4,6,8-10,12,14-16,18,20-31,33,35-36H2,1-2H3,(H,40,43)/b7-5-,13-11-,19-17-,34-32+. The van der Waals surface area contributed by atoms with Crippen LogP contribution in [0.25, 0.3) is 0 Å². The first kappa shape index (κ1) is 41.4. The zero-order valence-corrected chi connectivity index (χ0v) is 28.5. The van der Waals surface area contributed by atoms with Gasteiger partial charge in [0.25, 0.3) is 0 Å². The van der Waals surface area contributed by atoms with Crippen LogP contribution in [0.2, 0.25) is 0 Å². The Bertz CT molecular complexity index is 697. The number of unbranched alkanes of at least 4 members (excludes halogenated alkanes) is 19. The molecule has 0 saturated heterocycles. The minimum absolute atomic E-state index is 0.0773. The molecule has 0 fully saturated rings. The summed E-state index contributed by atoms with van der Waals surface area (Å²) in [7, 11) is 0. The van der Waals surface area contributed by atoms with Crippen LogP contribution in [0, 0.1) is 0 Å². The SMILES string of the molecule is CC/C=C\C/C=C\C/C=C\CCCCCCCCCC(=O)NC(CO)C(O)/C=C/CCCCCCCCCCCCCC. The number of aliphatic hydroxyl groups excluding tert-OH is 2. The van der Waals surface area contributed by atoms with Crippen molar-refractivity contribution in [2.45, 2.75) is 187 Å². The smallest absolute Gasteiger partial charge is 0.220 e. The highest BCUT2D eigenvalue weighted by Gasteiger charge is 2.17. The van der Waals surface area contributed by atoms with Crippen molar-refractivity contribution < 1.29 is 15.0 Å². The fraction of sp³-hybridized carbons (Fsp3) is 0.769. The van der Waals surface area contributed by atoms with Gasteiger partial charge < -0.3 is 15.5 Å². The number of amides is 1. The van der Waals surface area contributed by atoms with Gasteiger partial charge in [0.05, 0.1) is 18.8 Å². The maximum absolute atomic E-state index is 12.3. The number of allylic oxidation sites excluding steroid dienone is 7. The largest absolute Gasteiger partial charge is 0.394 e. The number of nitrogens with one attached hydrogen (secondary N) is 1. The van der Waals surface area contributed by atoms with Crippen LogP contribution in [0.15, 0.2) is 48.6 Å². The highest BCUT2D eigenvalue weighted by molar-refractivity contribution is 5.76. The Kier molecular flexibility index (Phi) is 33.5. The van der Waals surface area contributed by atoms with Gasteiger partial charge in [0.2, 0.25) is 5.91 Å². The Morgan fingerprint density at radius 1 is 0.581 bits per heavy atom. The van der Waals surface area contributed by atoms with Gasteiger partial charge in [-0.2, -0.15) is 0 Å². The topological polar surface area (TPSA) is 69.6 Å². The second-order valence-corrected chi connectivity index (χ2v) is 12.3. The zero-order chi connectivity index (χ0) is 31.5. The van der Waals surface area contributed by atoms with Crippen molar-refractivity contribution in [2.24, 2.45) is 0 Å². The highest BCUT2D eigenvalue weighted by Crippen LogP contribution is 2.13. The molecular weight excluding hydrogens is 530 g/mol. The Morgan fingerprint density at radius 2 is 1.02 bits per heavy atom. The lowest BCUT2D eigenvalue weighted by molar-refractivity contribution is -0.123. The van der Waals surface area contributed by atoms with Crippen LogP contribution in [0.4, 0.5) is 0 Å². The van der Waals surface area contributed by atoms with Crippen molar-refractivity contribution in [3.63, 3.8) is 0 Å². The quantitative estimate of drug-likeness (QED) is 0.0530. The van der Waals surface area contributed by atoms with Crippen molar-refractivity contribution in [3.8, 4) is 0 Å². The molecule has 2 atom stereocenters. The number of carbonyl (C=O) groups is 1. The Labute approximate surface area is 267 Å². The lowest BCUT2D eigenvalue weighted by Crippen LogP contribution is -2.45. The molecule has 0 aromatic rings. The van der Waals surface area contributed by atoms with Crippen LogP contribution in [-0.4, -0.2) is 34.9 Å². The molecule has 0 saturated carbocycles. The molecule has 43 heavy (non-hydrogen) atoms. The minimum Gasteiger partial charge on any atom is -0.394 e. The van der Waals surface area contributed by atoms with E-state index in [2.05, 4.69) is 55.6 Å². The molecule has 0 heterocycles. The minimum atomic E-state index is -0.842. The lowest BCUT2D eigenvalue weighted by atomic mass is 10.0. The third-order valence-corrected chi connectivity index (χ3v) is 8.07. The van der Waals surface area contributed by atoms with Crippen LogP contribution < -0.4 is 5.32 Å². The molecular formula is C39H71NO3. The van der Waals surface area contributed by atoms with E-state index >= 15 is 0 Å². The summed E-state index contributed by atoms with van der Waals surface area (Å²) >= 11 is 0. The highest BCUT2D eigenvalue weighted by atomic mass is 16.3. The summed E-state index contributed by atoms with van der Waals surface area (Å²) < 4.78 is 0. The second-order valence-electron chi connectivity index (χ2n) is 12.3. The van der Waals surface area contributed by atoms with Gasteiger partial charge in [0, 0.05) is 6.42 Å². The van der Waals surface area contributed by atoms with Crippen LogP contribution >= 0.6 is 0 Å². The summed E-state index contributed by atoms with van der Waals surface area (Å²) in [4.78, 5) is 12.3. The monoisotopic (exact) mass is 602 g/mol. The Hall–Kier alpha value is -1.65. The summed E-state index contributed by atoms with van der Waals surface area (Å²) in [6.07, 6.45) is 46.2. The first-order valence-electron chi connectivity index (χ1n) is 18.4. The third kappa shape index (κ3) is 31.6. The summed E-state index contributed by atoms with van der Waals surface area (Å²) in [6, 6.07) is -0.626. The van der Waals surface area contributed by atoms with Crippen molar-refractivity contribution in [2.75, 3.05) is 6.61 Å². The van der Waals surface area contributed by atoms with Gasteiger partial charge in [-0.25, -0.2) is 0 Å². The van der Waals surface area contributed by atoms with Gasteiger partial charge in [0.1, 0.15) is 0 Å². The first-order valence-corrected chi connectivity index (χ1v) is 18.4. The summed E-state index contributed by atoms with van der Waals surface area (Å²) in [5.74, 6) is -0.0773. The molecule has 0 aliphatic rings. The molecule has 0 aliphatic carbocycles. The number of hydrogen-bond donors (Lipinski definition) is 3. The van der Waals surface area contributed by atoms with E-state index < -0.39 is 12.1 Å². The molecule has 0 rings (SSSR count). The van der Waals surface area contributed by atoms with Gasteiger partial charge in [-0.1, -0.05) is 165 Å². The fourth-order valence-corrected chi connectivity index (χ4v) is 5.25. The van der Waals surface area contributed by atoms with E-state index in [1.54, 1.807) is 6.08 Å². The maximum Gasteiger partial charge on any atom is 0.220 e. The second kappa shape index (κ2) is 34.8. The summed E-state index contributed by atoms with van der Waals surface area (Å²) in [6.45, 7) is 4.18. The van der Waals surface area contributed by atoms with Crippen molar-refractivity contribution in [3.05, 3.63) is 48.6 Å². The molecule has 0 aliphatic heterocycles. The van der Waals surface area contributed by atoms with Crippen molar-refractivity contribution >= 4 is 5.91 Å². The van der Waals surface area contributed by atoms with Gasteiger partial charge in [-0.05, 0) is 51.4 Å². The van der Waals surface area contributed by atoms with Gasteiger partial charge in [0.15, 0.2) is 0 Å². The molecule has 0 radical (unpaired) electrons. The van der Waals surface area contributed by atoms with E-state index in [9.17, 15) is 15.0 Å². The predicted octanol–water partition coefficient (Wildman–Crippen LogP) is 10.8. The molecule has 0 bridgehead atoms. The number of hydrogen-bond acceptors (Lipinski definition) is 3. The van der Waals surface area contributed by atoms with Gasteiger partial charge in [-0.15, -0.1) is 0 Å². The third-order valence-electron chi connectivity index (χ3n) is 8.07. The molecule has 4 heteroatoms. The average Bonchev–Trinajstić information content (AvgIpc) is 3.01. The van der Waals surface area contributed by atoms with Crippen molar-refractivity contribution in [1.29, 1.82) is 0 Å². The van der Waals surface area contributed by atoms with Crippen LogP contribution in [0.1, 0.15) is 174 Å². The normalized spacial score (nSPS) is 13.7. The number of carbonyl (C=O) groups excluding carboxylic acids is 1. The number of aliphatic hydroxyl groups is 2. The molecule has 250 valence electrons. The van der Waals surface area contributed by atoms with E-state index in [0.29, 0.717) is 6.42 Å². The van der Waals surface area contributed by atoms with Gasteiger partial charge in [-0.3, -0.25) is 4.79 Å². The van der Waals surface area contributed by atoms with E-state index in [4.69, 9.17) is 0 Å². The van der Waals surface area contributed by atoms with E-state index in [1.165, 1.54) is 96.3 Å². The van der Waals surface area contributed by atoms with Crippen LogP contribution in [-0.2, 0) is 4.79 Å². The predicted molar refractivity (Wildman–Crippen MR) is 188 cm³/mol. The van der Waals surface area contributed by atoms with Crippen molar-refractivity contribution in [1.82, 2.24) is 5.32 Å². The molecule has 3 N–H and O–H groups in total. The van der Waals surface area contributed by atoms with Crippen LogP contribution in [0.5, 0.6) is 0 Å². The molecule has 0 spiro atoms. The summed E-state index contributed by atoms with van der Waals surface area (Å²) in [5.41, 5.74) is 0. The molecule has 0 aromatic heterocycles. The van der Waals surface area contributed by atoms with E-state index in [1.807, 2.05) is 6.08 Å². The Morgan fingerprint density at radius 3 is 1.53 bits per heavy atom. The zero-order valence-electron chi connectivity index (χ0n) is 28.5. The fourth-order valence-electron chi connectivity index (χ4n) is 5.25. The summed E-state index contributed by atoms with van der Waals surface area (Å²) in [5, 5.41) is 22.9. The molecule has 4 nitrogen and oxygen atoms in total. The maximum atomic E-state index is 12.3. The number of rotatable bonds is 32. The molecule has 2 unspecified atom stereocenters. The van der Waals surface area contributed by atoms with E-state index in [-0.39, 0.29) is 12.5 Å². The molecule has 0 aromatic carbocycles. The lowest BCUT2D eigenvalue weighted by Gasteiger charge is -2.20. The molecule has 1 amide bonds. The average molecular weight is 602 g/mol. The van der Waals surface area contributed by atoms with Crippen LogP contribution in [0.3, 0.4) is 0 Å². The Balaban J connectivity index is 3.66.